The van der Waals surface area contributed by atoms with Crippen molar-refractivity contribution < 1.29 is 13.2 Å². The highest BCUT2D eigenvalue weighted by atomic mass is 32.2. The van der Waals surface area contributed by atoms with Gasteiger partial charge < -0.3 is 10.6 Å². The third-order valence-electron chi connectivity index (χ3n) is 3.69. The fraction of sp³-hybridized carbons (Fsp3) is 0.500. The van der Waals surface area contributed by atoms with E-state index in [0.717, 1.165) is 25.9 Å². The van der Waals surface area contributed by atoms with Crippen molar-refractivity contribution in [3.05, 3.63) is 24.3 Å². The second-order valence-corrected chi connectivity index (χ2v) is 7.41. The first-order valence-electron chi connectivity index (χ1n) is 7.16. The van der Waals surface area contributed by atoms with Crippen LogP contribution in [0, 0.1) is 5.92 Å². The zero-order valence-corrected chi connectivity index (χ0v) is 12.4. The number of nitrogens with one attached hydrogen (secondary N) is 3. The Balaban J connectivity index is 1.59. The molecule has 114 valence electrons. The van der Waals surface area contributed by atoms with Crippen molar-refractivity contribution in [1.29, 1.82) is 0 Å². The predicted molar refractivity (Wildman–Crippen MR) is 79.4 cm³/mol. The second kappa shape index (κ2) is 5.75. The molecule has 2 fully saturated rings. The van der Waals surface area contributed by atoms with Crippen LogP contribution in [0.1, 0.15) is 19.3 Å². The Bertz CT molecular complexity index is 619. The van der Waals surface area contributed by atoms with Crippen molar-refractivity contribution in [1.82, 2.24) is 10.0 Å². The number of hydrogen-bond acceptors (Lipinski definition) is 4. The molecule has 1 amide bonds. The SMILES string of the molecule is O=C(CC1CNC1)Nc1ccc(S(=O)(=O)NC2CC2)cc1. The predicted octanol–water partition coefficient (Wildman–Crippen LogP) is 0.675. The summed E-state index contributed by atoms with van der Waals surface area (Å²) >= 11 is 0. The minimum Gasteiger partial charge on any atom is -0.326 e. The maximum absolute atomic E-state index is 12.0. The lowest BCUT2D eigenvalue weighted by Crippen LogP contribution is -2.43. The molecule has 1 saturated carbocycles. The van der Waals surface area contributed by atoms with Gasteiger partial charge in [0.2, 0.25) is 15.9 Å². The smallest absolute Gasteiger partial charge is 0.240 e. The van der Waals surface area contributed by atoms with E-state index in [0.29, 0.717) is 18.0 Å². The van der Waals surface area contributed by atoms with Gasteiger partial charge >= 0.3 is 0 Å². The fourth-order valence-corrected chi connectivity index (χ4v) is 3.48. The van der Waals surface area contributed by atoms with E-state index in [2.05, 4.69) is 15.4 Å². The van der Waals surface area contributed by atoms with Crippen molar-refractivity contribution >= 4 is 21.6 Å². The van der Waals surface area contributed by atoms with Gasteiger partial charge in [0.25, 0.3) is 0 Å². The van der Waals surface area contributed by atoms with E-state index in [-0.39, 0.29) is 16.8 Å². The van der Waals surface area contributed by atoms with Crippen molar-refractivity contribution in [2.24, 2.45) is 5.92 Å². The van der Waals surface area contributed by atoms with E-state index in [1.54, 1.807) is 12.1 Å². The van der Waals surface area contributed by atoms with Crippen molar-refractivity contribution in [2.45, 2.75) is 30.2 Å². The molecule has 3 rings (SSSR count). The van der Waals surface area contributed by atoms with Crippen LogP contribution in [0.4, 0.5) is 5.69 Å². The maximum Gasteiger partial charge on any atom is 0.240 e. The molecule has 0 bridgehead atoms. The van der Waals surface area contributed by atoms with Crippen LogP contribution >= 0.6 is 0 Å². The molecule has 6 nitrogen and oxygen atoms in total. The van der Waals surface area contributed by atoms with E-state index >= 15 is 0 Å². The molecule has 1 heterocycles. The van der Waals surface area contributed by atoms with Gasteiger partial charge in [0.05, 0.1) is 4.90 Å². The summed E-state index contributed by atoms with van der Waals surface area (Å²) in [5, 5.41) is 5.91. The Labute approximate surface area is 124 Å². The number of benzene rings is 1. The molecule has 0 spiro atoms. The Hall–Kier alpha value is -1.44. The Kier molecular flexibility index (Phi) is 3.97. The van der Waals surface area contributed by atoms with Crippen molar-refractivity contribution in [3.63, 3.8) is 0 Å². The lowest BCUT2D eigenvalue weighted by molar-refractivity contribution is -0.117. The number of hydrogen-bond donors (Lipinski definition) is 3. The number of anilines is 1. The molecule has 1 aromatic carbocycles. The van der Waals surface area contributed by atoms with Crippen LogP contribution in [0.3, 0.4) is 0 Å². The Morgan fingerprint density at radius 3 is 2.38 bits per heavy atom. The van der Waals surface area contributed by atoms with Gasteiger partial charge in [-0.1, -0.05) is 0 Å². The molecule has 1 saturated heterocycles. The van der Waals surface area contributed by atoms with Gasteiger partial charge in [0, 0.05) is 18.2 Å². The van der Waals surface area contributed by atoms with Gasteiger partial charge in [-0.05, 0) is 56.1 Å². The van der Waals surface area contributed by atoms with Crippen LogP contribution in [0.25, 0.3) is 0 Å². The molecule has 1 aromatic rings. The van der Waals surface area contributed by atoms with E-state index in [1.807, 2.05) is 0 Å². The quantitative estimate of drug-likeness (QED) is 0.721. The molecule has 1 aliphatic carbocycles. The molecule has 2 aliphatic rings. The zero-order valence-electron chi connectivity index (χ0n) is 11.6. The highest BCUT2D eigenvalue weighted by Gasteiger charge is 2.27. The standard InChI is InChI=1S/C14H19N3O3S/c18-14(7-10-8-15-9-10)16-11-3-5-13(6-4-11)21(19,20)17-12-1-2-12/h3-6,10,12,15,17H,1-2,7-9H2,(H,16,18). The van der Waals surface area contributed by atoms with Crippen molar-refractivity contribution in [3.8, 4) is 0 Å². The highest BCUT2D eigenvalue weighted by Crippen LogP contribution is 2.23. The third kappa shape index (κ3) is 3.81. The molecule has 0 aromatic heterocycles. The average Bonchev–Trinajstić information content (AvgIpc) is 3.18. The summed E-state index contributed by atoms with van der Waals surface area (Å²) in [6.45, 7) is 1.77. The third-order valence-corrected chi connectivity index (χ3v) is 5.22. The summed E-state index contributed by atoms with van der Waals surface area (Å²) < 4.78 is 26.6. The van der Waals surface area contributed by atoms with Gasteiger partial charge in [-0.15, -0.1) is 0 Å². The summed E-state index contributed by atoms with van der Waals surface area (Å²) in [5.41, 5.74) is 0.623. The molecule has 7 heteroatoms. The molecule has 0 radical (unpaired) electrons. The van der Waals surface area contributed by atoms with Crippen LogP contribution in [-0.4, -0.2) is 33.5 Å². The summed E-state index contributed by atoms with van der Waals surface area (Å²) in [4.78, 5) is 12.0. The number of sulfonamides is 1. The zero-order chi connectivity index (χ0) is 14.9. The van der Waals surface area contributed by atoms with E-state index < -0.39 is 10.0 Å². The number of carbonyl (C=O) groups is 1. The van der Waals surface area contributed by atoms with Crippen LogP contribution in [0.15, 0.2) is 29.2 Å². The van der Waals surface area contributed by atoms with Gasteiger partial charge in [-0.2, -0.15) is 0 Å². The average molecular weight is 309 g/mol. The van der Waals surface area contributed by atoms with Crippen LogP contribution in [0.5, 0.6) is 0 Å². The topological polar surface area (TPSA) is 87.3 Å². The van der Waals surface area contributed by atoms with E-state index in [9.17, 15) is 13.2 Å². The largest absolute Gasteiger partial charge is 0.326 e. The van der Waals surface area contributed by atoms with Crippen LogP contribution in [0.2, 0.25) is 0 Å². The summed E-state index contributed by atoms with van der Waals surface area (Å²) in [5.74, 6) is 0.376. The lowest BCUT2D eigenvalue weighted by Gasteiger charge is -2.26. The summed E-state index contributed by atoms with van der Waals surface area (Å²) in [6, 6.07) is 6.37. The van der Waals surface area contributed by atoms with Crippen molar-refractivity contribution in [2.75, 3.05) is 18.4 Å². The number of carbonyl (C=O) groups excluding carboxylic acids is 1. The van der Waals surface area contributed by atoms with Gasteiger partial charge in [-0.25, -0.2) is 13.1 Å². The minimum absolute atomic E-state index is 0.0341. The Morgan fingerprint density at radius 2 is 1.86 bits per heavy atom. The maximum atomic E-state index is 12.0. The Morgan fingerprint density at radius 1 is 1.19 bits per heavy atom. The highest BCUT2D eigenvalue weighted by molar-refractivity contribution is 7.89. The molecule has 0 atom stereocenters. The van der Waals surface area contributed by atoms with E-state index in [4.69, 9.17) is 0 Å². The normalized spacial score (nSPS) is 19.0. The lowest BCUT2D eigenvalue weighted by atomic mass is 9.99. The van der Waals surface area contributed by atoms with Crippen LogP contribution < -0.4 is 15.4 Å². The first kappa shape index (κ1) is 14.5. The molecular weight excluding hydrogens is 290 g/mol. The molecule has 21 heavy (non-hydrogen) atoms. The number of rotatable bonds is 6. The van der Waals surface area contributed by atoms with Gasteiger partial charge in [0.15, 0.2) is 0 Å². The molecule has 1 aliphatic heterocycles. The monoisotopic (exact) mass is 309 g/mol. The summed E-state index contributed by atoms with van der Waals surface area (Å²) in [6.07, 6.45) is 2.31. The second-order valence-electron chi connectivity index (χ2n) is 5.70. The molecule has 0 unspecified atom stereocenters. The van der Waals surface area contributed by atoms with Gasteiger partial charge in [0.1, 0.15) is 0 Å². The molecule has 3 N–H and O–H groups in total. The molecular formula is C14H19N3O3S. The van der Waals surface area contributed by atoms with Gasteiger partial charge in [-0.3, -0.25) is 4.79 Å². The summed E-state index contributed by atoms with van der Waals surface area (Å²) in [7, 11) is -3.43. The number of amides is 1. The van der Waals surface area contributed by atoms with Crippen LogP contribution in [-0.2, 0) is 14.8 Å². The van der Waals surface area contributed by atoms with E-state index in [1.165, 1.54) is 12.1 Å². The first-order chi connectivity index (χ1) is 10.0. The fourth-order valence-electron chi connectivity index (χ4n) is 2.17. The minimum atomic E-state index is -3.43. The first-order valence-corrected chi connectivity index (χ1v) is 8.64.